The third-order valence-corrected chi connectivity index (χ3v) is 8.50. The number of benzene rings is 2. The first-order valence-electron chi connectivity index (χ1n) is 14.0. The summed E-state index contributed by atoms with van der Waals surface area (Å²) in [7, 11) is 0. The molecule has 0 radical (unpaired) electrons. The Hall–Kier alpha value is -3.34. The van der Waals surface area contributed by atoms with Crippen molar-refractivity contribution in [3.05, 3.63) is 70.5 Å². The van der Waals surface area contributed by atoms with Gasteiger partial charge >= 0.3 is 0 Å². The van der Waals surface area contributed by atoms with Crippen molar-refractivity contribution in [3.8, 4) is 11.4 Å². The number of hydrogen-bond donors (Lipinski definition) is 1. The van der Waals surface area contributed by atoms with Crippen molar-refractivity contribution >= 4 is 22.4 Å². The van der Waals surface area contributed by atoms with Gasteiger partial charge in [0.1, 0.15) is 5.82 Å². The van der Waals surface area contributed by atoms with Crippen LogP contribution in [-0.4, -0.2) is 34.1 Å². The van der Waals surface area contributed by atoms with Crippen LogP contribution in [0.25, 0.3) is 22.3 Å². The minimum absolute atomic E-state index is 0.492. The molecule has 5 heteroatoms. The molecule has 4 aromatic rings. The Labute approximate surface area is 220 Å². The fraction of sp³-hybridized carbons (Fsp3) is 0.438. The molecule has 1 N–H and O–H groups in total. The van der Waals surface area contributed by atoms with Gasteiger partial charge in [-0.1, -0.05) is 38.1 Å². The molecule has 5 nitrogen and oxygen atoms in total. The molecule has 0 amide bonds. The van der Waals surface area contributed by atoms with Crippen LogP contribution < -0.4 is 9.80 Å². The lowest BCUT2D eigenvalue weighted by atomic mass is 9.97. The van der Waals surface area contributed by atoms with Crippen LogP contribution in [0.5, 0.6) is 0 Å². The number of nitrogens with one attached hydrogen (secondary N) is 1. The maximum absolute atomic E-state index is 5.37. The highest BCUT2D eigenvalue weighted by Gasteiger charge is 2.30. The van der Waals surface area contributed by atoms with Crippen LogP contribution in [-0.2, 0) is 13.0 Å². The fourth-order valence-electron chi connectivity index (χ4n) is 6.24. The monoisotopic (exact) mass is 493 g/mol. The Bertz CT molecular complexity index is 1450. The van der Waals surface area contributed by atoms with Crippen LogP contribution >= 0.6 is 0 Å². The molecular formula is C32H39N5. The van der Waals surface area contributed by atoms with E-state index in [1.54, 1.807) is 0 Å². The van der Waals surface area contributed by atoms with Crippen LogP contribution in [0.3, 0.4) is 0 Å². The minimum atomic E-state index is 0.492. The molecule has 192 valence electrons. The van der Waals surface area contributed by atoms with Gasteiger partial charge in [-0.05, 0) is 74.8 Å². The smallest absolute Gasteiger partial charge is 0.162 e. The molecule has 2 aliphatic heterocycles. The van der Waals surface area contributed by atoms with E-state index in [1.807, 2.05) is 0 Å². The summed E-state index contributed by atoms with van der Waals surface area (Å²) < 4.78 is 0. The third-order valence-electron chi connectivity index (χ3n) is 8.50. The molecular weight excluding hydrogens is 454 g/mol. The number of aryl methyl sites for hydroxylation is 2. The van der Waals surface area contributed by atoms with E-state index in [0.717, 1.165) is 48.8 Å². The second-order valence-corrected chi connectivity index (χ2v) is 11.4. The maximum atomic E-state index is 5.37. The second kappa shape index (κ2) is 9.51. The molecule has 1 saturated heterocycles. The number of fused-ring (bicyclic) bond motifs is 2. The quantitative estimate of drug-likeness (QED) is 0.324. The van der Waals surface area contributed by atoms with Crippen molar-refractivity contribution in [1.82, 2.24) is 15.0 Å². The zero-order valence-electron chi connectivity index (χ0n) is 22.9. The summed E-state index contributed by atoms with van der Waals surface area (Å²) in [4.78, 5) is 19.2. The van der Waals surface area contributed by atoms with Gasteiger partial charge in [-0.25, -0.2) is 9.97 Å². The van der Waals surface area contributed by atoms with Crippen molar-refractivity contribution in [2.75, 3.05) is 22.9 Å². The largest absolute Gasteiger partial charge is 0.366 e. The lowest BCUT2D eigenvalue weighted by Gasteiger charge is -2.39. The molecule has 2 aromatic carbocycles. The van der Waals surface area contributed by atoms with Gasteiger partial charge in [0.25, 0.3) is 0 Å². The number of H-pyrrole nitrogens is 1. The zero-order chi connectivity index (χ0) is 25.7. The Balaban J connectivity index is 1.48. The molecule has 0 bridgehead atoms. The summed E-state index contributed by atoms with van der Waals surface area (Å²) >= 11 is 0. The predicted molar refractivity (Wildman–Crippen MR) is 155 cm³/mol. The van der Waals surface area contributed by atoms with E-state index >= 15 is 0 Å². The van der Waals surface area contributed by atoms with Gasteiger partial charge in [0.05, 0.1) is 5.69 Å². The van der Waals surface area contributed by atoms with E-state index in [2.05, 4.69) is 92.0 Å². The molecule has 6 rings (SSSR count). The minimum Gasteiger partial charge on any atom is -0.366 e. The SMILES string of the molecule is Cc1ccc(C(C)C)cc1N1CCc2nc(-c3cccc4[nH]cc(C)c34)nc(N3CCCC[C@H]3C)c2C1. The molecule has 4 heterocycles. The lowest BCUT2D eigenvalue weighted by molar-refractivity contribution is 0.478. The number of piperidine rings is 1. The fourth-order valence-corrected chi connectivity index (χ4v) is 6.24. The van der Waals surface area contributed by atoms with Gasteiger partial charge in [-0.3, -0.25) is 0 Å². The molecule has 2 aliphatic rings. The van der Waals surface area contributed by atoms with Crippen molar-refractivity contribution in [1.29, 1.82) is 0 Å². The molecule has 0 saturated carbocycles. The zero-order valence-corrected chi connectivity index (χ0v) is 22.9. The maximum Gasteiger partial charge on any atom is 0.162 e. The first kappa shape index (κ1) is 24.0. The second-order valence-electron chi connectivity index (χ2n) is 11.4. The summed E-state index contributed by atoms with van der Waals surface area (Å²) in [6.45, 7) is 14.2. The number of rotatable bonds is 4. The van der Waals surface area contributed by atoms with E-state index in [1.165, 1.54) is 58.3 Å². The lowest BCUT2D eigenvalue weighted by Crippen LogP contribution is -2.41. The van der Waals surface area contributed by atoms with Crippen LogP contribution in [0.1, 0.15) is 73.9 Å². The summed E-state index contributed by atoms with van der Waals surface area (Å²) in [5.74, 6) is 2.54. The van der Waals surface area contributed by atoms with Crippen molar-refractivity contribution < 1.29 is 0 Å². The molecule has 37 heavy (non-hydrogen) atoms. The average molecular weight is 494 g/mol. The summed E-state index contributed by atoms with van der Waals surface area (Å²) in [5, 5.41) is 1.23. The van der Waals surface area contributed by atoms with Crippen LogP contribution in [0.2, 0.25) is 0 Å². The molecule has 0 unspecified atom stereocenters. The number of aromatic nitrogens is 3. The molecule has 1 fully saturated rings. The van der Waals surface area contributed by atoms with Crippen LogP contribution in [0.4, 0.5) is 11.5 Å². The third kappa shape index (κ3) is 4.28. The van der Waals surface area contributed by atoms with E-state index in [9.17, 15) is 0 Å². The van der Waals surface area contributed by atoms with Crippen molar-refractivity contribution in [2.24, 2.45) is 0 Å². The summed E-state index contributed by atoms with van der Waals surface area (Å²) in [5.41, 5.74) is 10.2. The van der Waals surface area contributed by atoms with E-state index in [-0.39, 0.29) is 0 Å². The first-order chi connectivity index (χ1) is 17.9. The highest BCUT2D eigenvalue weighted by Crippen LogP contribution is 2.37. The van der Waals surface area contributed by atoms with Crippen LogP contribution in [0.15, 0.2) is 42.6 Å². The Morgan fingerprint density at radius 1 is 1.00 bits per heavy atom. The summed E-state index contributed by atoms with van der Waals surface area (Å²) in [6, 6.07) is 13.9. The first-order valence-corrected chi connectivity index (χ1v) is 14.0. The number of hydrogen-bond acceptors (Lipinski definition) is 4. The van der Waals surface area contributed by atoms with Gasteiger partial charge in [-0.15, -0.1) is 0 Å². The van der Waals surface area contributed by atoms with E-state index < -0.39 is 0 Å². The molecule has 0 aliphatic carbocycles. The summed E-state index contributed by atoms with van der Waals surface area (Å²) in [6.07, 6.45) is 6.77. The highest BCUT2D eigenvalue weighted by molar-refractivity contribution is 5.96. The molecule has 1 atom stereocenters. The van der Waals surface area contributed by atoms with Crippen molar-refractivity contribution in [2.45, 2.75) is 78.8 Å². The van der Waals surface area contributed by atoms with Gasteiger partial charge in [0, 0.05) is 66.0 Å². The normalized spacial score (nSPS) is 18.1. The van der Waals surface area contributed by atoms with Gasteiger partial charge < -0.3 is 14.8 Å². The molecule has 2 aromatic heterocycles. The van der Waals surface area contributed by atoms with Gasteiger partial charge in [-0.2, -0.15) is 0 Å². The van der Waals surface area contributed by atoms with E-state index in [4.69, 9.17) is 9.97 Å². The Morgan fingerprint density at radius 2 is 1.86 bits per heavy atom. The standard InChI is InChI=1S/C32H39N5/c1-20(2)24-13-12-21(3)29(17-24)36-16-14-27-26(19-36)32(37-15-7-6-9-23(37)5)35-31(34-27)25-10-8-11-28-30(25)22(4)18-33-28/h8,10-13,17-18,20,23,33H,6-7,9,14-16,19H2,1-5H3/t23-/m1/s1. The highest BCUT2D eigenvalue weighted by atomic mass is 15.2. The van der Waals surface area contributed by atoms with Gasteiger partial charge in [0.15, 0.2) is 5.82 Å². The molecule has 0 spiro atoms. The number of aromatic amines is 1. The Kier molecular flexibility index (Phi) is 6.18. The van der Waals surface area contributed by atoms with Crippen LogP contribution in [0, 0.1) is 13.8 Å². The number of anilines is 2. The number of nitrogens with zero attached hydrogens (tertiary/aromatic N) is 4. The van der Waals surface area contributed by atoms with Crippen molar-refractivity contribution in [3.63, 3.8) is 0 Å². The van der Waals surface area contributed by atoms with Gasteiger partial charge in [0.2, 0.25) is 0 Å². The topological polar surface area (TPSA) is 48.1 Å². The predicted octanol–water partition coefficient (Wildman–Crippen LogP) is 7.31. The van der Waals surface area contributed by atoms with E-state index in [0.29, 0.717) is 12.0 Å². The Morgan fingerprint density at radius 3 is 2.68 bits per heavy atom. The average Bonchev–Trinajstić information content (AvgIpc) is 3.29.